The van der Waals surface area contributed by atoms with Gasteiger partial charge in [0.15, 0.2) is 0 Å². The molecule has 0 aliphatic heterocycles. The van der Waals surface area contributed by atoms with Crippen LogP contribution in [0.15, 0.2) is 23.3 Å². The third kappa shape index (κ3) is 2.54. The van der Waals surface area contributed by atoms with Gasteiger partial charge in [-0.2, -0.15) is 20.9 Å². The molecule has 0 fully saturated rings. The Kier molecular flexibility index (Phi) is 3.55. The highest BCUT2D eigenvalue weighted by Gasteiger charge is 2.02. The van der Waals surface area contributed by atoms with E-state index in [-0.39, 0.29) is 11.3 Å². The van der Waals surface area contributed by atoms with Crippen LogP contribution in [0.4, 0.5) is 10.1 Å². The molecule has 0 unspecified atom stereocenters. The topological polar surface area (TPSA) is 95.8 Å². The van der Waals surface area contributed by atoms with E-state index in [0.29, 0.717) is 0 Å². The number of nitrogens with one attached hydrogen (secondary N) is 1. The van der Waals surface area contributed by atoms with Crippen LogP contribution in [-0.4, -0.2) is 5.71 Å². The third-order valence-corrected chi connectivity index (χ3v) is 1.60. The van der Waals surface area contributed by atoms with Gasteiger partial charge in [-0.05, 0) is 18.2 Å². The maximum absolute atomic E-state index is 13.2. The number of hydrogen-bond donors (Lipinski definition) is 1. The number of halogens is 1. The maximum atomic E-state index is 13.2. The van der Waals surface area contributed by atoms with Gasteiger partial charge in [0.2, 0.25) is 5.71 Å². The van der Waals surface area contributed by atoms with Gasteiger partial charge >= 0.3 is 0 Å². The monoisotopic (exact) mass is 213 g/mol. The van der Waals surface area contributed by atoms with Gasteiger partial charge in [-0.3, -0.25) is 5.43 Å². The highest BCUT2D eigenvalue weighted by atomic mass is 19.1. The Morgan fingerprint density at radius 1 is 1.25 bits per heavy atom. The predicted molar refractivity (Wildman–Crippen MR) is 53.4 cm³/mol. The quantitative estimate of drug-likeness (QED) is 0.594. The summed E-state index contributed by atoms with van der Waals surface area (Å²) in [7, 11) is 0. The number of nitrogens with zero attached hydrogens (tertiary/aromatic N) is 4. The first-order chi connectivity index (χ1) is 7.71. The molecule has 1 aromatic rings. The Bertz CT molecular complexity index is 540. The summed E-state index contributed by atoms with van der Waals surface area (Å²) in [5.41, 5.74) is 1.97. The Morgan fingerprint density at radius 2 is 1.94 bits per heavy atom. The normalized spacial score (nSPS) is 8.12. The van der Waals surface area contributed by atoms with E-state index in [4.69, 9.17) is 15.8 Å². The molecule has 76 valence electrons. The number of hydrogen-bond acceptors (Lipinski definition) is 5. The summed E-state index contributed by atoms with van der Waals surface area (Å²) in [5, 5.41) is 28.6. The summed E-state index contributed by atoms with van der Waals surface area (Å²) in [6.45, 7) is 0. The molecule has 16 heavy (non-hydrogen) atoms. The van der Waals surface area contributed by atoms with E-state index in [2.05, 4.69) is 10.5 Å². The second kappa shape index (κ2) is 5.09. The first kappa shape index (κ1) is 11.2. The number of anilines is 1. The van der Waals surface area contributed by atoms with Gasteiger partial charge in [0.1, 0.15) is 18.0 Å². The fraction of sp³-hybridized carbons (Fsp3) is 0. The van der Waals surface area contributed by atoms with Crippen molar-refractivity contribution in [1.82, 2.24) is 0 Å². The summed E-state index contributed by atoms with van der Waals surface area (Å²) in [6, 6.07) is 8.51. The van der Waals surface area contributed by atoms with Crippen molar-refractivity contribution in [2.45, 2.75) is 0 Å². The van der Waals surface area contributed by atoms with E-state index in [1.165, 1.54) is 24.3 Å². The number of benzene rings is 1. The van der Waals surface area contributed by atoms with Gasteiger partial charge in [-0.25, -0.2) is 4.39 Å². The summed E-state index contributed by atoms with van der Waals surface area (Å²) < 4.78 is 13.2. The van der Waals surface area contributed by atoms with Gasteiger partial charge in [-0.15, -0.1) is 0 Å². The molecule has 1 rings (SSSR count). The second-order valence-corrected chi connectivity index (χ2v) is 2.60. The summed E-state index contributed by atoms with van der Waals surface area (Å²) in [4.78, 5) is 0. The van der Waals surface area contributed by atoms with Gasteiger partial charge in [0.05, 0.1) is 17.3 Å². The lowest BCUT2D eigenvalue weighted by Gasteiger charge is -2.01. The van der Waals surface area contributed by atoms with Crippen LogP contribution >= 0.6 is 0 Å². The molecule has 1 aromatic carbocycles. The molecule has 1 N–H and O–H groups in total. The molecule has 0 aromatic heterocycles. The van der Waals surface area contributed by atoms with Crippen LogP contribution in [0.2, 0.25) is 0 Å². The molecule has 0 radical (unpaired) electrons. The lowest BCUT2D eigenvalue weighted by Crippen LogP contribution is -1.98. The van der Waals surface area contributed by atoms with Gasteiger partial charge < -0.3 is 0 Å². The van der Waals surface area contributed by atoms with Gasteiger partial charge in [0, 0.05) is 0 Å². The minimum absolute atomic E-state index is 0.0120. The largest absolute Gasteiger partial charge is 0.274 e. The molecule has 0 aliphatic carbocycles. The van der Waals surface area contributed by atoms with E-state index in [1.807, 2.05) is 0 Å². The van der Waals surface area contributed by atoms with Gasteiger partial charge in [0.25, 0.3) is 0 Å². The molecule has 0 amide bonds. The molecular formula is C10H4FN5. The third-order valence-electron chi connectivity index (χ3n) is 1.60. The molecule has 6 heteroatoms. The molecular weight excluding hydrogens is 209 g/mol. The van der Waals surface area contributed by atoms with Crippen molar-refractivity contribution < 1.29 is 4.39 Å². The Morgan fingerprint density at radius 3 is 2.44 bits per heavy atom. The van der Waals surface area contributed by atoms with Crippen molar-refractivity contribution in [3.05, 3.63) is 29.6 Å². The average molecular weight is 213 g/mol. The van der Waals surface area contributed by atoms with Crippen LogP contribution in [0.3, 0.4) is 0 Å². The van der Waals surface area contributed by atoms with Crippen molar-refractivity contribution in [2.75, 3.05) is 5.43 Å². The number of rotatable bonds is 2. The minimum Gasteiger partial charge on any atom is -0.274 e. The van der Waals surface area contributed by atoms with E-state index >= 15 is 0 Å². The van der Waals surface area contributed by atoms with Crippen LogP contribution in [0.1, 0.15) is 5.56 Å². The molecule has 0 spiro atoms. The minimum atomic E-state index is -0.682. The van der Waals surface area contributed by atoms with Crippen molar-refractivity contribution in [2.24, 2.45) is 5.10 Å². The molecule has 0 aliphatic rings. The maximum Gasteiger partial charge on any atom is 0.237 e. The van der Waals surface area contributed by atoms with Crippen molar-refractivity contribution in [3.8, 4) is 18.2 Å². The Labute approximate surface area is 90.6 Å². The van der Waals surface area contributed by atoms with Crippen LogP contribution in [0, 0.1) is 39.8 Å². The standard InChI is InChI=1S/C10H4FN5/c11-9-3-7(4-12)1-2-10(9)16-15-8(5-13)6-14/h1-3,16H. The van der Waals surface area contributed by atoms with E-state index in [0.717, 1.165) is 6.07 Å². The van der Waals surface area contributed by atoms with E-state index in [1.54, 1.807) is 6.07 Å². The second-order valence-electron chi connectivity index (χ2n) is 2.60. The van der Waals surface area contributed by atoms with Crippen molar-refractivity contribution in [1.29, 1.82) is 15.8 Å². The first-order valence-electron chi connectivity index (χ1n) is 4.05. The lowest BCUT2D eigenvalue weighted by atomic mass is 10.2. The predicted octanol–water partition coefficient (Wildman–Crippen LogP) is 1.51. The average Bonchev–Trinajstić information content (AvgIpc) is 2.32. The number of nitriles is 3. The smallest absolute Gasteiger partial charge is 0.237 e. The molecule has 0 saturated carbocycles. The van der Waals surface area contributed by atoms with Gasteiger partial charge in [-0.1, -0.05) is 0 Å². The Hall–Kier alpha value is -2.91. The fourth-order valence-electron chi connectivity index (χ4n) is 0.866. The zero-order valence-electron chi connectivity index (χ0n) is 7.90. The van der Waals surface area contributed by atoms with Crippen molar-refractivity contribution in [3.63, 3.8) is 0 Å². The zero-order chi connectivity index (χ0) is 12.0. The highest BCUT2D eigenvalue weighted by molar-refractivity contribution is 6.10. The highest BCUT2D eigenvalue weighted by Crippen LogP contribution is 2.15. The fourth-order valence-corrected chi connectivity index (χ4v) is 0.866. The number of hydrazone groups is 1. The van der Waals surface area contributed by atoms with Crippen LogP contribution in [0.25, 0.3) is 0 Å². The van der Waals surface area contributed by atoms with Crippen LogP contribution in [0.5, 0.6) is 0 Å². The van der Waals surface area contributed by atoms with E-state index < -0.39 is 11.5 Å². The molecule has 0 heterocycles. The lowest BCUT2D eigenvalue weighted by molar-refractivity contribution is 0.630. The molecule has 0 saturated heterocycles. The summed E-state index contributed by atoms with van der Waals surface area (Å²) >= 11 is 0. The SMILES string of the molecule is N#CC(C#N)=NNc1ccc(C#N)cc1F. The molecule has 0 atom stereocenters. The Balaban J connectivity index is 2.94. The zero-order valence-corrected chi connectivity index (χ0v) is 7.90. The summed E-state index contributed by atoms with van der Waals surface area (Å²) in [5.74, 6) is -0.682. The summed E-state index contributed by atoms with van der Waals surface area (Å²) in [6.07, 6.45) is 0. The van der Waals surface area contributed by atoms with Crippen LogP contribution in [-0.2, 0) is 0 Å². The molecule has 5 nitrogen and oxygen atoms in total. The first-order valence-corrected chi connectivity index (χ1v) is 4.05. The van der Waals surface area contributed by atoms with Crippen molar-refractivity contribution >= 4 is 11.4 Å². The molecule has 0 bridgehead atoms. The van der Waals surface area contributed by atoms with Crippen LogP contribution < -0.4 is 5.43 Å². The van der Waals surface area contributed by atoms with E-state index in [9.17, 15) is 4.39 Å².